The molecule has 0 aromatic carbocycles. The van der Waals surface area contributed by atoms with E-state index in [0.717, 1.165) is 48.2 Å². The van der Waals surface area contributed by atoms with Gasteiger partial charge in [-0.1, -0.05) is 25.5 Å². The van der Waals surface area contributed by atoms with E-state index >= 15 is 0 Å². The number of halogens is 1. The molecule has 0 radical (unpaired) electrons. The van der Waals surface area contributed by atoms with Crippen LogP contribution in [0.2, 0.25) is 0 Å². The highest BCUT2D eigenvalue weighted by Gasteiger charge is 2.39. The zero-order valence-corrected chi connectivity index (χ0v) is 18.2. The summed E-state index contributed by atoms with van der Waals surface area (Å²) in [7, 11) is 0. The molecule has 0 bridgehead atoms. The van der Waals surface area contributed by atoms with Crippen molar-refractivity contribution >= 4 is 35.0 Å². The van der Waals surface area contributed by atoms with Crippen molar-refractivity contribution in [1.82, 2.24) is 4.98 Å². The van der Waals surface area contributed by atoms with Crippen LogP contribution < -0.4 is 0 Å². The summed E-state index contributed by atoms with van der Waals surface area (Å²) in [5.74, 6) is -0.610. The third kappa shape index (κ3) is 5.91. The molecule has 6 heteroatoms. The van der Waals surface area contributed by atoms with Gasteiger partial charge in [0.2, 0.25) is 0 Å². The number of aryl methyl sites for hydroxylation is 2. The molecular weight excluding hydrogens is 406 g/mol. The van der Waals surface area contributed by atoms with E-state index in [4.69, 9.17) is 16.7 Å². The van der Waals surface area contributed by atoms with Gasteiger partial charge in [-0.25, -0.2) is 4.79 Å². The van der Waals surface area contributed by atoms with Crippen molar-refractivity contribution in [3.8, 4) is 0 Å². The number of nitrogens with zero attached hydrogens (tertiary/aromatic N) is 1. The number of carboxylic acid groups (broad SMARTS) is 1. The number of aromatic carboxylic acids is 1. The molecule has 1 saturated carbocycles. The van der Waals surface area contributed by atoms with E-state index in [0.29, 0.717) is 11.3 Å². The van der Waals surface area contributed by atoms with Gasteiger partial charge in [-0.05, 0) is 67.9 Å². The first-order chi connectivity index (χ1) is 14.0. The average Bonchev–Trinajstić information content (AvgIpc) is 3.26. The van der Waals surface area contributed by atoms with Crippen LogP contribution in [0.4, 0.5) is 0 Å². The van der Waals surface area contributed by atoms with E-state index in [9.17, 15) is 9.90 Å². The fourth-order valence-corrected chi connectivity index (χ4v) is 5.45. The number of alkyl halides is 1. The summed E-state index contributed by atoms with van der Waals surface area (Å²) in [5.41, 5.74) is 2.19. The predicted molar refractivity (Wildman–Crippen MR) is 119 cm³/mol. The maximum Gasteiger partial charge on any atom is 0.345 e. The van der Waals surface area contributed by atoms with Crippen LogP contribution in [0.1, 0.15) is 58.4 Å². The van der Waals surface area contributed by atoms with Gasteiger partial charge in [0, 0.05) is 28.1 Å². The van der Waals surface area contributed by atoms with Crippen LogP contribution in [0.5, 0.6) is 0 Å². The number of carbonyl (C=O) groups is 1. The molecule has 2 N–H and O–H groups in total. The molecule has 4 nitrogen and oxygen atoms in total. The number of aliphatic hydroxyl groups excluding tert-OH is 1. The Morgan fingerprint density at radius 3 is 2.90 bits per heavy atom. The monoisotopic (exact) mass is 433 g/mol. The Hall–Kier alpha value is -1.69. The second-order valence-electron chi connectivity index (χ2n) is 7.71. The Kier molecular flexibility index (Phi) is 7.87. The number of aromatic nitrogens is 1. The molecule has 0 spiro atoms. The molecule has 0 aliphatic heterocycles. The molecule has 0 unspecified atom stereocenters. The van der Waals surface area contributed by atoms with Crippen molar-refractivity contribution in [2.45, 2.75) is 56.9 Å². The van der Waals surface area contributed by atoms with E-state index in [1.165, 1.54) is 11.3 Å². The van der Waals surface area contributed by atoms with Crippen molar-refractivity contribution < 1.29 is 15.0 Å². The van der Waals surface area contributed by atoms with Crippen molar-refractivity contribution in [2.24, 2.45) is 11.8 Å². The summed E-state index contributed by atoms with van der Waals surface area (Å²) in [5, 5.41) is 19.5. The van der Waals surface area contributed by atoms with Gasteiger partial charge in [0.05, 0.1) is 6.10 Å². The lowest BCUT2D eigenvalue weighted by molar-refractivity contribution is 0.0702. The highest BCUT2D eigenvalue weighted by atomic mass is 35.5. The molecule has 156 valence electrons. The molecule has 1 fully saturated rings. The van der Waals surface area contributed by atoms with Gasteiger partial charge < -0.3 is 10.2 Å². The van der Waals surface area contributed by atoms with E-state index in [2.05, 4.69) is 30.1 Å². The normalized spacial score (nSPS) is 24.4. The van der Waals surface area contributed by atoms with Crippen LogP contribution in [0.15, 0.2) is 36.5 Å². The molecule has 4 atom stereocenters. The maximum absolute atomic E-state index is 11.0. The minimum atomic E-state index is -0.871. The summed E-state index contributed by atoms with van der Waals surface area (Å²) in [6.07, 6.45) is 10.9. The van der Waals surface area contributed by atoms with Crippen LogP contribution >= 0.6 is 22.9 Å². The molecule has 3 rings (SSSR count). The molecular formula is C23H28ClNO3S. The lowest BCUT2D eigenvalue weighted by Gasteiger charge is -2.20. The summed E-state index contributed by atoms with van der Waals surface area (Å²) in [6.45, 7) is 2.14. The number of carboxylic acids is 1. The van der Waals surface area contributed by atoms with Gasteiger partial charge in [0.15, 0.2) is 0 Å². The second kappa shape index (κ2) is 10.4. The Morgan fingerprint density at radius 1 is 1.34 bits per heavy atom. The molecule has 1 aliphatic rings. The summed E-state index contributed by atoms with van der Waals surface area (Å²) >= 11 is 7.90. The molecule has 2 aromatic rings. The van der Waals surface area contributed by atoms with Gasteiger partial charge in [-0.2, -0.15) is 0 Å². The molecule has 0 amide bonds. The standard InChI is InChI=1S/C23H28ClNO3S/c1-2-4-16-13-15(11-12-25-16)7-9-19-18(20(24)14-21(19)26)6-3-5-17-8-10-22(29-17)23(27)28/h7-13,18-21,26H,2-6,14H2,1H3,(H,27,28)/b9-7+/t18-,19-,20-,21-/m1/s1. The smallest absolute Gasteiger partial charge is 0.345 e. The SMILES string of the molecule is CCCc1cc(/C=C/[C@@H]2[C@@H](CCCc3ccc(C(=O)O)s3)[C@H](Cl)C[C@H]2O)ccn1. The minimum absolute atomic E-state index is 0.0364. The first-order valence-electron chi connectivity index (χ1n) is 10.2. The number of hydrogen-bond donors (Lipinski definition) is 2. The van der Waals surface area contributed by atoms with Gasteiger partial charge in [0.1, 0.15) is 4.88 Å². The summed E-state index contributed by atoms with van der Waals surface area (Å²) in [4.78, 5) is 16.9. The van der Waals surface area contributed by atoms with Gasteiger partial charge in [-0.3, -0.25) is 4.98 Å². The predicted octanol–water partition coefficient (Wildman–Crippen LogP) is 5.43. The van der Waals surface area contributed by atoms with Crippen LogP contribution in [0.3, 0.4) is 0 Å². The van der Waals surface area contributed by atoms with E-state index in [-0.39, 0.29) is 17.2 Å². The number of thiophene rings is 1. The zero-order chi connectivity index (χ0) is 20.8. The van der Waals surface area contributed by atoms with E-state index in [1.54, 1.807) is 6.07 Å². The number of aliphatic hydroxyl groups is 1. The largest absolute Gasteiger partial charge is 0.477 e. The third-order valence-electron chi connectivity index (χ3n) is 5.56. The van der Waals surface area contributed by atoms with Crippen LogP contribution in [-0.4, -0.2) is 32.6 Å². The molecule has 29 heavy (non-hydrogen) atoms. The van der Waals surface area contributed by atoms with Crippen molar-refractivity contribution in [2.75, 3.05) is 0 Å². The number of rotatable bonds is 9. The van der Waals surface area contributed by atoms with Crippen LogP contribution in [0.25, 0.3) is 6.08 Å². The Balaban J connectivity index is 1.60. The molecule has 2 heterocycles. The quantitative estimate of drug-likeness (QED) is 0.517. The molecule has 0 saturated heterocycles. The minimum Gasteiger partial charge on any atom is -0.477 e. The first kappa shape index (κ1) is 22.0. The van der Waals surface area contributed by atoms with E-state index < -0.39 is 12.1 Å². The first-order valence-corrected chi connectivity index (χ1v) is 11.5. The summed E-state index contributed by atoms with van der Waals surface area (Å²) < 4.78 is 0. The molecule has 1 aliphatic carbocycles. The fraction of sp³-hybridized carbons (Fsp3) is 0.478. The highest BCUT2D eigenvalue weighted by molar-refractivity contribution is 7.13. The summed E-state index contributed by atoms with van der Waals surface area (Å²) in [6, 6.07) is 7.65. The Bertz CT molecular complexity index is 850. The zero-order valence-electron chi connectivity index (χ0n) is 16.6. The Labute approximate surface area is 181 Å². The van der Waals surface area contributed by atoms with Crippen molar-refractivity contribution in [1.29, 1.82) is 0 Å². The van der Waals surface area contributed by atoms with Gasteiger partial charge >= 0.3 is 5.97 Å². The topological polar surface area (TPSA) is 70.4 Å². The fourth-order valence-electron chi connectivity index (χ4n) is 4.09. The third-order valence-corrected chi connectivity index (χ3v) is 7.20. The van der Waals surface area contributed by atoms with Gasteiger partial charge in [0.25, 0.3) is 0 Å². The van der Waals surface area contributed by atoms with Crippen LogP contribution in [0, 0.1) is 11.8 Å². The lowest BCUT2D eigenvalue weighted by Crippen LogP contribution is -2.18. The Morgan fingerprint density at radius 2 is 2.17 bits per heavy atom. The number of hydrogen-bond acceptors (Lipinski definition) is 4. The van der Waals surface area contributed by atoms with Crippen LogP contribution in [-0.2, 0) is 12.8 Å². The second-order valence-corrected chi connectivity index (χ2v) is 9.44. The number of pyridine rings is 1. The molecule has 2 aromatic heterocycles. The maximum atomic E-state index is 11.0. The highest BCUT2D eigenvalue weighted by Crippen LogP contribution is 2.40. The average molecular weight is 434 g/mol. The van der Waals surface area contributed by atoms with E-state index in [1.807, 2.05) is 18.3 Å². The lowest BCUT2D eigenvalue weighted by atomic mass is 9.89. The van der Waals surface area contributed by atoms with Crippen molar-refractivity contribution in [3.63, 3.8) is 0 Å². The van der Waals surface area contributed by atoms with Gasteiger partial charge in [-0.15, -0.1) is 22.9 Å². The van der Waals surface area contributed by atoms with Crippen molar-refractivity contribution in [3.05, 3.63) is 57.6 Å².